The fraction of sp³-hybridized carbons (Fsp3) is 0.538. The zero-order chi connectivity index (χ0) is 14.9. The summed E-state index contributed by atoms with van der Waals surface area (Å²) in [5.74, 6) is -0.448. The molecule has 2 rings (SSSR count). The van der Waals surface area contributed by atoms with Crippen LogP contribution in [0.3, 0.4) is 0 Å². The molecule has 20 heavy (non-hydrogen) atoms. The lowest BCUT2D eigenvalue weighted by atomic mass is 10.0. The van der Waals surface area contributed by atoms with Crippen LogP contribution in [-0.4, -0.2) is 25.8 Å². The van der Waals surface area contributed by atoms with Crippen molar-refractivity contribution in [3.63, 3.8) is 0 Å². The number of halogens is 2. The summed E-state index contributed by atoms with van der Waals surface area (Å²) >= 11 is 5.79. The summed E-state index contributed by atoms with van der Waals surface area (Å²) in [6.07, 6.45) is 2.53. The molecule has 0 spiro atoms. The largest absolute Gasteiger partial charge is 0.396 e. The number of hydrogen-bond donors (Lipinski definition) is 1. The lowest BCUT2D eigenvalue weighted by Crippen LogP contribution is -2.32. The average molecular weight is 321 g/mol. The van der Waals surface area contributed by atoms with Gasteiger partial charge in [-0.2, -0.15) is 4.31 Å². The van der Waals surface area contributed by atoms with E-state index in [4.69, 9.17) is 17.3 Å². The molecule has 0 amide bonds. The zero-order valence-corrected chi connectivity index (χ0v) is 12.8. The maximum atomic E-state index is 14.0. The minimum Gasteiger partial charge on any atom is -0.396 e. The Morgan fingerprint density at radius 2 is 2.05 bits per heavy atom. The molecule has 1 fully saturated rings. The third kappa shape index (κ3) is 3.07. The van der Waals surface area contributed by atoms with Crippen LogP contribution < -0.4 is 5.73 Å². The van der Waals surface area contributed by atoms with Gasteiger partial charge in [-0.1, -0.05) is 18.5 Å². The van der Waals surface area contributed by atoms with E-state index in [0.717, 1.165) is 25.3 Å². The Balaban J connectivity index is 2.40. The van der Waals surface area contributed by atoms with Gasteiger partial charge in [-0.15, -0.1) is 0 Å². The molecule has 2 N–H and O–H groups in total. The van der Waals surface area contributed by atoms with E-state index in [0.29, 0.717) is 19.0 Å². The molecule has 1 unspecified atom stereocenters. The fourth-order valence-electron chi connectivity index (χ4n) is 2.39. The summed E-state index contributed by atoms with van der Waals surface area (Å²) in [5.41, 5.74) is 5.21. The highest BCUT2D eigenvalue weighted by Crippen LogP contribution is 2.29. The van der Waals surface area contributed by atoms with E-state index in [1.54, 1.807) is 0 Å². The summed E-state index contributed by atoms with van der Waals surface area (Å²) in [6, 6.07) is 2.33. The standard InChI is InChI=1S/C13H18ClFN2O2S/c1-9-3-2-5-17(6-4-9)20(18,19)12-8-10(14)7-11(16)13(12)15/h7-9H,2-6,16H2,1H3. The molecule has 0 bridgehead atoms. The average Bonchev–Trinajstić information content (AvgIpc) is 2.58. The molecule has 1 heterocycles. The van der Waals surface area contributed by atoms with Crippen molar-refractivity contribution in [3.8, 4) is 0 Å². The molecule has 0 aromatic heterocycles. The number of nitrogens with two attached hydrogens (primary N) is 1. The maximum absolute atomic E-state index is 14.0. The number of hydrogen-bond acceptors (Lipinski definition) is 3. The van der Waals surface area contributed by atoms with E-state index in [1.807, 2.05) is 0 Å². The molecular weight excluding hydrogens is 303 g/mol. The molecule has 0 saturated carbocycles. The molecule has 1 atom stereocenters. The molecule has 7 heteroatoms. The molecule has 1 aromatic carbocycles. The molecule has 0 radical (unpaired) electrons. The molecule has 112 valence electrons. The SMILES string of the molecule is CC1CCCN(S(=O)(=O)c2cc(Cl)cc(N)c2F)CC1. The number of sulfonamides is 1. The number of rotatable bonds is 2. The van der Waals surface area contributed by atoms with Crippen LogP contribution in [0, 0.1) is 11.7 Å². The van der Waals surface area contributed by atoms with E-state index in [1.165, 1.54) is 10.4 Å². The minimum absolute atomic E-state index is 0.116. The highest BCUT2D eigenvalue weighted by atomic mass is 35.5. The predicted octanol–water partition coefficient (Wildman–Crippen LogP) is 2.87. The predicted molar refractivity (Wildman–Crippen MR) is 77.6 cm³/mol. The first-order chi connectivity index (χ1) is 9.32. The Kier molecular flexibility index (Phi) is 4.56. The van der Waals surface area contributed by atoms with Gasteiger partial charge in [0.15, 0.2) is 5.82 Å². The van der Waals surface area contributed by atoms with E-state index < -0.39 is 20.7 Å². The van der Waals surface area contributed by atoms with Crippen LogP contribution in [0.4, 0.5) is 10.1 Å². The van der Waals surface area contributed by atoms with E-state index in [-0.39, 0.29) is 10.7 Å². The van der Waals surface area contributed by atoms with Gasteiger partial charge in [-0.3, -0.25) is 0 Å². The second-order valence-electron chi connectivity index (χ2n) is 5.25. The highest BCUT2D eigenvalue weighted by molar-refractivity contribution is 7.89. The van der Waals surface area contributed by atoms with Crippen LogP contribution in [-0.2, 0) is 10.0 Å². The summed E-state index contributed by atoms with van der Waals surface area (Å²) in [6.45, 7) is 2.89. The van der Waals surface area contributed by atoms with E-state index in [2.05, 4.69) is 6.92 Å². The number of nitrogens with zero attached hydrogens (tertiary/aromatic N) is 1. The van der Waals surface area contributed by atoms with Gasteiger partial charge in [-0.05, 0) is 37.3 Å². The van der Waals surface area contributed by atoms with Gasteiger partial charge in [0, 0.05) is 18.1 Å². The van der Waals surface area contributed by atoms with Gasteiger partial charge in [0.05, 0.1) is 5.69 Å². The normalized spacial score (nSPS) is 21.6. The lowest BCUT2D eigenvalue weighted by molar-refractivity contribution is 0.413. The van der Waals surface area contributed by atoms with Crippen molar-refractivity contribution in [2.24, 2.45) is 5.92 Å². The molecule has 1 aromatic rings. The van der Waals surface area contributed by atoms with Gasteiger partial charge in [0.1, 0.15) is 4.90 Å². The molecule has 1 aliphatic heterocycles. The highest BCUT2D eigenvalue weighted by Gasteiger charge is 2.30. The fourth-order valence-corrected chi connectivity index (χ4v) is 4.29. The third-order valence-electron chi connectivity index (χ3n) is 3.63. The van der Waals surface area contributed by atoms with Gasteiger partial charge < -0.3 is 5.73 Å². The van der Waals surface area contributed by atoms with Crippen molar-refractivity contribution >= 4 is 27.3 Å². The Hall–Kier alpha value is -0.850. The summed E-state index contributed by atoms with van der Waals surface area (Å²) < 4.78 is 40.4. The number of benzene rings is 1. The number of anilines is 1. The van der Waals surface area contributed by atoms with Crippen molar-refractivity contribution < 1.29 is 12.8 Å². The summed E-state index contributed by atoms with van der Waals surface area (Å²) in [7, 11) is -3.89. The van der Waals surface area contributed by atoms with Gasteiger partial charge >= 0.3 is 0 Å². The van der Waals surface area contributed by atoms with Crippen molar-refractivity contribution in [1.82, 2.24) is 4.31 Å². The molecule has 0 aliphatic carbocycles. The van der Waals surface area contributed by atoms with Crippen molar-refractivity contribution in [2.75, 3.05) is 18.8 Å². The van der Waals surface area contributed by atoms with Gasteiger partial charge in [0.25, 0.3) is 0 Å². The topological polar surface area (TPSA) is 63.4 Å². The monoisotopic (exact) mass is 320 g/mol. The van der Waals surface area contributed by atoms with Crippen LogP contribution >= 0.6 is 11.6 Å². The first-order valence-electron chi connectivity index (χ1n) is 6.57. The molecule has 4 nitrogen and oxygen atoms in total. The van der Waals surface area contributed by atoms with Crippen LogP contribution in [0.5, 0.6) is 0 Å². The number of nitrogen functional groups attached to an aromatic ring is 1. The second kappa shape index (κ2) is 5.87. The Morgan fingerprint density at radius 1 is 1.35 bits per heavy atom. The second-order valence-corrected chi connectivity index (χ2v) is 7.59. The lowest BCUT2D eigenvalue weighted by Gasteiger charge is -2.21. The van der Waals surface area contributed by atoms with Gasteiger partial charge in [-0.25, -0.2) is 12.8 Å². The van der Waals surface area contributed by atoms with Crippen molar-refractivity contribution in [1.29, 1.82) is 0 Å². The zero-order valence-electron chi connectivity index (χ0n) is 11.3. The van der Waals surface area contributed by atoms with Crippen molar-refractivity contribution in [3.05, 3.63) is 23.0 Å². The summed E-state index contributed by atoms with van der Waals surface area (Å²) in [5, 5.41) is 0.116. The van der Waals surface area contributed by atoms with Crippen LogP contribution in [0.25, 0.3) is 0 Å². The Labute approximate surface area is 123 Å². The molecule has 1 aliphatic rings. The molecule has 1 saturated heterocycles. The first kappa shape index (κ1) is 15.5. The maximum Gasteiger partial charge on any atom is 0.246 e. The van der Waals surface area contributed by atoms with Crippen LogP contribution in [0.1, 0.15) is 26.2 Å². The van der Waals surface area contributed by atoms with E-state index >= 15 is 0 Å². The van der Waals surface area contributed by atoms with Crippen LogP contribution in [0.15, 0.2) is 17.0 Å². The van der Waals surface area contributed by atoms with Crippen LogP contribution in [0.2, 0.25) is 5.02 Å². The molecular formula is C13H18ClFN2O2S. The summed E-state index contributed by atoms with van der Waals surface area (Å²) in [4.78, 5) is -0.433. The smallest absolute Gasteiger partial charge is 0.246 e. The third-order valence-corrected chi connectivity index (χ3v) is 5.74. The van der Waals surface area contributed by atoms with Gasteiger partial charge in [0.2, 0.25) is 10.0 Å². The minimum atomic E-state index is -3.89. The van der Waals surface area contributed by atoms with Crippen molar-refractivity contribution in [2.45, 2.75) is 31.1 Å². The Morgan fingerprint density at radius 3 is 2.75 bits per heavy atom. The Bertz CT molecular complexity index is 607. The first-order valence-corrected chi connectivity index (χ1v) is 8.39. The quantitative estimate of drug-likeness (QED) is 0.852. The van der Waals surface area contributed by atoms with E-state index in [9.17, 15) is 12.8 Å².